The molecule has 0 bridgehead atoms. The third-order valence-corrected chi connectivity index (χ3v) is 3.65. The molecule has 2 aromatic carbocycles. The first-order valence-corrected chi connectivity index (χ1v) is 6.96. The van der Waals surface area contributed by atoms with Gasteiger partial charge in [0.1, 0.15) is 17.4 Å². The van der Waals surface area contributed by atoms with Crippen molar-refractivity contribution in [3.8, 4) is 0 Å². The van der Waals surface area contributed by atoms with Crippen LogP contribution in [0.1, 0.15) is 16.7 Å². The minimum atomic E-state index is -0.706. The molecule has 0 spiro atoms. The van der Waals surface area contributed by atoms with E-state index >= 15 is 0 Å². The Balaban J connectivity index is 2.12. The molecule has 0 saturated carbocycles. The summed E-state index contributed by atoms with van der Waals surface area (Å²) in [5.74, 6) is -1.62. The standard InChI is InChI=1S/C16H13BrF2O/c1-10-2-4-11(5-3-10)8-12(20)9-13-15(18)7-6-14(17)16(13)19/h2-7H,8-9H2,1H3. The van der Waals surface area contributed by atoms with Crippen molar-refractivity contribution in [1.82, 2.24) is 0 Å². The summed E-state index contributed by atoms with van der Waals surface area (Å²) in [6.07, 6.45) is -0.0728. The third-order valence-electron chi connectivity index (χ3n) is 3.03. The Morgan fingerprint density at radius 2 is 1.70 bits per heavy atom. The first kappa shape index (κ1) is 14.9. The molecule has 2 rings (SSSR count). The molecule has 0 fully saturated rings. The number of Topliss-reactive ketones (excluding diaryl/α,β-unsaturated/α-hetero) is 1. The normalized spacial score (nSPS) is 10.6. The van der Waals surface area contributed by atoms with E-state index in [1.807, 2.05) is 31.2 Å². The average molecular weight is 339 g/mol. The van der Waals surface area contributed by atoms with Crippen molar-refractivity contribution in [1.29, 1.82) is 0 Å². The SMILES string of the molecule is Cc1ccc(CC(=O)Cc2c(F)ccc(Br)c2F)cc1. The van der Waals surface area contributed by atoms with Gasteiger partial charge in [0, 0.05) is 18.4 Å². The highest BCUT2D eigenvalue weighted by Gasteiger charge is 2.16. The average Bonchev–Trinajstić information content (AvgIpc) is 2.42. The van der Waals surface area contributed by atoms with Crippen LogP contribution in [-0.4, -0.2) is 5.78 Å². The molecular formula is C16H13BrF2O. The Hall–Kier alpha value is -1.55. The van der Waals surface area contributed by atoms with E-state index in [-0.39, 0.29) is 28.7 Å². The lowest BCUT2D eigenvalue weighted by Crippen LogP contribution is -2.10. The van der Waals surface area contributed by atoms with Crippen LogP contribution in [0.25, 0.3) is 0 Å². The van der Waals surface area contributed by atoms with Crippen LogP contribution in [0.3, 0.4) is 0 Å². The van der Waals surface area contributed by atoms with Crippen molar-refractivity contribution < 1.29 is 13.6 Å². The molecule has 0 aromatic heterocycles. The Morgan fingerprint density at radius 1 is 1.05 bits per heavy atom. The van der Waals surface area contributed by atoms with Crippen molar-refractivity contribution in [2.24, 2.45) is 0 Å². The van der Waals surface area contributed by atoms with E-state index in [9.17, 15) is 13.6 Å². The number of aryl methyl sites for hydroxylation is 1. The summed E-state index contributed by atoms with van der Waals surface area (Å²) in [5.41, 5.74) is 1.76. The summed E-state index contributed by atoms with van der Waals surface area (Å²) in [6.45, 7) is 1.96. The van der Waals surface area contributed by atoms with Gasteiger partial charge < -0.3 is 0 Å². The lowest BCUT2D eigenvalue weighted by atomic mass is 10.0. The summed E-state index contributed by atoms with van der Waals surface area (Å²) in [4.78, 5) is 11.9. The monoisotopic (exact) mass is 338 g/mol. The van der Waals surface area contributed by atoms with Gasteiger partial charge in [-0.05, 0) is 40.5 Å². The smallest absolute Gasteiger partial charge is 0.143 e. The molecule has 4 heteroatoms. The van der Waals surface area contributed by atoms with E-state index in [2.05, 4.69) is 15.9 Å². The minimum absolute atomic E-state index is 0.164. The quantitative estimate of drug-likeness (QED) is 0.755. The maximum absolute atomic E-state index is 13.8. The topological polar surface area (TPSA) is 17.1 Å². The molecule has 0 unspecified atom stereocenters. The molecule has 0 amide bonds. The molecule has 0 N–H and O–H groups in total. The van der Waals surface area contributed by atoms with Crippen LogP contribution in [-0.2, 0) is 17.6 Å². The van der Waals surface area contributed by atoms with Crippen LogP contribution >= 0.6 is 15.9 Å². The Morgan fingerprint density at radius 3 is 2.35 bits per heavy atom. The summed E-state index contributed by atoms with van der Waals surface area (Å²) in [5, 5.41) is 0. The zero-order valence-electron chi connectivity index (χ0n) is 10.9. The molecular weight excluding hydrogens is 326 g/mol. The van der Waals surface area contributed by atoms with E-state index in [1.165, 1.54) is 6.07 Å². The number of carbonyl (C=O) groups is 1. The van der Waals surface area contributed by atoms with Gasteiger partial charge in [-0.3, -0.25) is 4.79 Å². The summed E-state index contributed by atoms with van der Waals surface area (Å²) < 4.78 is 27.5. The van der Waals surface area contributed by atoms with Crippen LogP contribution in [0.2, 0.25) is 0 Å². The van der Waals surface area contributed by atoms with Gasteiger partial charge in [0.05, 0.1) is 4.47 Å². The molecule has 0 heterocycles. The predicted octanol–water partition coefficient (Wildman–Crippen LogP) is 4.39. The fourth-order valence-corrected chi connectivity index (χ4v) is 2.30. The maximum atomic E-state index is 13.8. The van der Waals surface area contributed by atoms with E-state index in [4.69, 9.17) is 0 Å². The Kier molecular flexibility index (Phi) is 4.65. The van der Waals surface area contributed by atoms with Gasteiger partial charge in [0.25, 0.3) is 0 Å². The number of benzene rings is 2. The fourth-order valence-electron chi connectivity index (χ4n) is 1.92. The van der Waals surface area contributed by atoms with Crippen molar-refractivity contribution in [3.05, 3.63) is 69.2 Å². The number of hydrogen-bond donors (Lipinski definition) is 0. The van der Waals surface area contributed by atoms with Crippen molar-refractivity contribution in [2.75, 3.05) is 0 Å². The predicted molar refractivity (Wildman–Crippen MR) is 77.7 cm³/mol. The van der Waals surface area contributed by atoms with Crippen molar-refractivity contribution >= 4 is 21.7 Å². The second-order valence-corrected chi connectivity index (χ2v) is 5.55. The van der Waals surface area contributed by atoms with E-state index in [0.29, 0.717) is 0 Å². The number of hydrogen-bond acceptors (Lipinski definition) is 1. The van der Waals surface area contributed by atoms with Gasteiger partial charge >= 0.3 is 0 Å². The van der Waals surface area contributed by atoms with Gasteiger partial charge in [-0.25, -0.2) is 8.78 Å². The Labute approximate surface area is 124 Å². The van der Waals surface area contributed by atoms with Gasteiger partial charge in [-0.15, -0.1) is 0 Å². The van der Waals surface area contributed by atoms with Crippen molar-refractivity contribution in [2.45, 2.75) is 19.8 Å². The largest absolute Gasteiger partial charge is 0.299 e. The number of rotatable bonds is 4. The molecule has 0 aliphatic carbocycles. The highest BCUT2D eigenvalue weighted by Crippen LogP contribution is 2.22. The van der Waals surface area contributed by atoms with E-state index < -0.39 is 11.6 Å². The summed E-state index contributed by atoms with van der Waals surface area (Å²) >= 11 is 2.99. The molecule has 0 radical (unpaired) electrons. The summed E-state index contributed by atoms with van der Waals surface area (Å²) in [6, 6.07) is 9.95. The molecule has 0 saturated heterocycles. The van der Waals surface area contributed by atoms with Gasteiger partial charge in [-0.2, -0.15) is 0 Å². The maximum Gasteiger partial charge on any atom is 0.143 e. The molecule has 20 heavy (non-hydrogen) atoms. The van der Waals surface area contributed by atoms with Crippen LogP contribution in [0.15, 0.2) is 40.9 Å². The first-order chi connectivity index (χ1) is 9.47. The molecule has 2 aromatic rings. The first-order valence-electron chi connectivity index (χ1n) is 6.17. The zero-order chi connectivity index (χ0) is 14.7. The molecule has 0 atom stereocenters. The summed E-state index contributed by atoms with van der Waals surface area (Å²) in [7, 11) is 0. The van der Waals surface area contributed by atoms with Crippen LogP contribution < -0.4 is 0 Å². The fraction of sp³-hybridized carbons (Fsp3) is 0.188. The molecule has 0 aliphatic heterocycles. The van der Waals surface area contributed by atoms with Crippen LogP contribution in [0, 0.1) is 18.6 Å². The lowest BCUT2D eigenvalue weighted by molar-refractivity contribution is -0.117. The minimum Gasteiger partial charge on any atom is -0.299 e. The van der Waals surface area contributed by atoms with Gasteiger partial charge in [-0.1, -0.05) is 29.8 Å². The van der Waals surface area contributed by atoms with Crippen LogP contribution in [0.5, 0.6) is 0 Å². The molecule has 104 valence electrons. The highest BCUT2D eigenvalue weighted by molar-refractivity contribution is 9.10. The van der Waals surface area contributed by atoms with Crippen molar-refractivity contribution in [3.63, 3.8) is 0 Å². The second-order valence-electron chi connectivity index (χ2n) is 4.70. The lowest BCUT2D eigenvalue weighted by Gasteiger charge is -2.06. The van der Waals surface area contributed by atoms with E-state index in [1.54, 1.807) is 0 Å². The number of halogens is 3. The van der Waals surface area contributed by atoms with E-state index in [0.717, 1.165) is 17.2 Å². The number of ketones is 1. The molecule has 0 aliphatic rings. The second kappa shape index (κ2) is 6.27. The van der Waals surface area contributed by atoms with Crippen LogP contribution in [0.4, 0.5) is 8.78 Å². The zero-order valence-corrected chi connectivity index (χ0v) is 12.5. The number of carbonyl (C=O) groups excluding carboxylic acids is 1. The van der Waals surface area contributed by atoms with Gasteiger partial charge in [0.15, 0.2) is 0 Å². The Bertz CT molecular complexity index is 636. The third kappa shape index (κ3) is 3.51. The van der Waals surface area contributed by atoms with Gasteiger partial charge in [0.2, 0.25) is 0 Å². The molecule has 1 nitrogen and oxygen atoms in total. The highest BCUT2D eigenvalue weighted by atomic mass is 79.9.